The number of anilines is 1. The molecule has 0 spiro atoms. The number of nitrogens with two attached hydrogens (primary N) is 1. The Balaban J connectivity index is 1.82. The van der Waals surface area contributed by atoms with Gasteiger partial charge in [-0.25, -0.2) is 4.98 Å². The molecule has 0 amide bonds. The van der Waals surface area contributed by atoms with Crippen LogP contribution >= 0.6 is 12.2 Å². The molecule has 1 heterocycles. The van der Waals surface area contributed by atoms with Crippen LogP contribution < -0.4 is 11.1 Å². The number of benzene rings is 1. The number of hydrogen-bond donors (Lipinski definition) is 2. The minimum Gasteiger partial charge on any atom is -0.389 e. The topological polar surface area (TPSA) is 60.2 Å². The number of hydrogen-bond acceptors (Lipinski definition) is 4. The quantitative estimate of drug-likeness (QED) is 0.832. The third kappa shape index (κ3) is 2.99. The molecule has 1 saturated carbocycles. The second-order valence-corrected chi connectivity index (χ2v) is 5.77. The van der Waals surface area contributed by atoms with Crippen molar-refractivity contribution in [2.75, 3.05) is 11.9 Å². The molecule has 0 radical (unpaired) electrons. The smallest absolute Gasteiger partial charge is 0.127 e. The van der Waals surface area contributed by atoms with E-state index in [0.717, 1.165) is 41.7 Å². The van der Waals surface area contributed by atoms with E-state index in [4.69, 9.17) is 22.7 Å². The molecular formula is C16H19N3OS. The SMILES string of the molecule is CCOC1CC(Nc2cc(C(N)=S)c3ccccc3n2)C1. The highest BCUT2D eigenvalue weighted by atomic mass is 32.1. The molecule has 0 bridgehead atoms. The molecule has 0 aliphatic heterocycles. The standard InChI is InChI=1S/C16H19N3OS/c1-2-20-11-7-10(8-11)18-15-9-13(16(17)21)12-5-3-4-6-14(12)19-15/h3-6,9-11H,2,7-8H2,1H3,(H2,17,21)(H,18,19). The average molecular weight is 301 g/mol. The van der Waals surface area contributed by atoms with E-state index in [9.17, 15) is 0 Å². The van der Waals surface area contributed by atoms with Crippen LogP contribution in [-0.4, -0.2) is 28.7 Å². The fraction of sp³-hybridized carbons (Fsp3) is 0.375. The molecule has 0 atom stereocenters. The van der Waals surface area contributed by atoms with Crippen LogP contribution in [0.25, 0.3) is 10.9 Å². The molecular weight excluding hydrogens is 282 g/mol. The number of nitrogens with zero attached hydrogens (tertiary/aromatic N) is 1. The summed E-state index contributed by atoms with van der Waals surface area (Å²) in [4.78, 5) is 5.04. The van der Waals surface area contributed by atoms with Crippen molar-refractivity contribution in [3.63, 3.8) is 0 Å². The molecule has 1 fully saturated rings. The largest absolute Gasteiger partial charge is 0.389 e. The fourth-order valence-corrected chi connectivity index (χ4v) is 2.89. The number of rotatable bonds is 5. The molecule has 5 heteroatoms. The zero-order chi connectivity index (χ0) is 14.8. The van der Waals surface area contributed by atoms with Crippen molar-refractivity contribution in [1.29, 1.82) is 0 Å². The molecule has 1 aliphatic rings. The van der Waals surface area contributed by atoms with Crippen LogP contribution in [-0.2, 0) is 4.74 Å². The lowest BCUT2D eigenvalue weighted by Gasteiger charge is -2.35. The van der Waals surface area contributed by atoms with Crippen LogP contribution in [0, 0.1) is 0 Å². The lowest BCUT2D eigenvalue weighted by molar-refractivity contribution is 0.00293. The normalized spacial score (nSPS) is 21.0. The molecule has 2 aromatic rings. The Hall–Kier alpha value is -1.72. The highest BCUT2D eigenvalue weighted by Gasteiger charge is 2.29. The van der Waals surface area contributed by atoms with Gasteiger partial charge in [0.2, 0.25) is 0 Å². The summed E-state index contributed by atoms with van der Waals surface area (Å²) in [6.45, 7) is 2.80. The van der Waals surface area contributed by atoms with E-state index < -0.39 is 0 Å². The van der Waals surface area contributed by atoms with Gasteiger partial charge in [-0.05, 0) is 31.9 Å². The van der Waals surface area contributed by atoms with Gasteiger partial charge in [0.05, 0.1) is 11.6 Å². The van der Waals surface area contributed by atoms with Gasteiger partial charge < -0.3 is 15.8 Å². The van der Waals surface area contributed by atoms with Crippen molar-refractivity contribution in [2.45, 2.75) is 31.9 Å². The average Bonchev–Trinajstić information content (AvgIpc) is 2.44. The predicted octanol–water partition coefficient (Wildman–Crippen LogP) is 2.85. The number of thiocarbonyl (C=S) groups is 1. The maximum absolute atomic E-state index is 5.84. The summed E-state index contributed by atoms with van der Waals surface area (Å²) in [7, 11) is 0. The Morgan fingerprint density at radius 1 is 1.43 bits per heavy atom. The van der Waals surface area contributed by atoms with E-state index in [1.807, 2.05) is 37.3 Å². The molecule has 1 aromatic heterocycles. The van der Waals surface area contributed by atoms with Gasteiger partial charge in [0.1, 0.15) is 10.8 Å². The van der Waals surface area contributed by atoms with Crippen molar-refractivity contribution >= 4 is 33.9 Å². The van der Waals surface area contributed by atoms with E-state index in [1.54, 1.807) is 0 Å². The van der Waals surface area contributed by atoms with E-state index in [2.05, 4.69) is 10.3 Å². The first-order chi connectivity index (χ1) is 10.2. The Labute approximate surface area is 129 Å². The Morgan fingerprint density at radius 3 is 2.90 bits per heavy atom. The summed E-state index contributed by atoms with van der Waals surface area (Å²) in [6.07, 6.45) is 2.41. The molecule has 110 valence electrons. The summed E-state index contributed by atoms with van der Waals surface area (Å²) >= 11 is 5.16. The molecule has 1 aromatic carbocycles. The number of para-hydroxylation sites is 1. The Morgan fingerprint density at radius 2 is 2.19 bits per heavy atom. The molecule has 3 rings (SSSR count). The summed E-state index contributed by atoms with van der Waals surface area (Å²) in [6, 6.07) is 10.3. The number of aromatic nitrogens is 1. The van der Waals surface area contributed by atoms with Gasteiger partial charge >= 0.3 is 0 Å². The van der Waals surface area contributed by atoms with Crippen LogP contribution in [0.3, 0.4) is 0 Å². The summed E-state index contributed by atoms with van der Waals surface area (Å²) < 4.78 is 5.58. The van der Waals surface area contributed by atoms with Crippen LogP contribution in [0.4, 0.5) is 5.82 Å². The zero-order valence-electron chi connectivity index (χ0n) is 12.0. The first kappa shape index (κ1) is 14.2. The van der Waals surface area contributed by atoms with E-state index in [0.29, 0.717) is 17.1 Å². The maximum Gasteiger partial charge on any atom is 0.127 e. The molecule has 3 N–H and O–H groups in total. The van der Waals surface area contributed by atoms with Crippen molar-refractivity contribution in [1.82, 2.24) is 4.98 Å². The molecule has 21 heavy (non-hydrogen) atoms. The molecule has 4 nitrogen and oxygen atoms in total. The minimum absolute atomic E-state index is 0.378. The second-order valence-electron chi connectivity index (χ2n) is 5.33. The third-order valence-electron chi connectivity index (χ3n) is 3.83. The van der Waals surface area contributed by atoms with Crippen molar-refractivity contribution in [2.24, 2.45) is 5.73 Å². The lowest BCUT2D eigenvalue weighted by Crippen LogP contribution is -2.41. The predicted molar refractivity (Wildman–Crippen MR) is 89.7 cm³/mol. The molecule has 0 unspecified atom stereocenters. The maximum atomic E-state index is 5.84. The Bertz CT molecular complexity index is 668. The summed E-state index contributed by atoms with van der Waals surface area (Å²) in [5.41, 5.74) is 7.63. The van der Waals surface area contributed by atoms with E-state index >= 15 is 0 Å². The molecule has 0 saturated heterocycles. The number of nitrogens with one attached hydrogen (secondary N) is 1. The number of pyridine rings is 1. The molecule has 1 aliphatic carbocycles. The second kappa shape index (κ2) is 5.95. The van der Waals surface area contributed by atoms with Crippen LogP contribution in [0.15, 0.2) is 30.3 Å². The van der Waals surface area contributed by atoms with Gasteiger partial charge in [-0.15, -0.1) is 0 Å². The van der Waals surface area contributed by atoms with Crippen LogP contribution in [0.5, 0.6) is 0 Å². The Kier molecular flexibility index (Phi) is 4.03. The van der Waals surface area contributed by atoms with Gasteiger partial charge in [-0.1, -0.05) is 30.4 Å². The van der Waals surface area contributed by atoms with Gasteiger partial charge in [0.15, 0.2) is 0 Å². The van der Waals surface area contributed by atoms with Crippen molar-refractivity contribution in [3.05, 3.63) is 35.9 Å². The van der Waals surface area contributed by atoms with Gasteiger partial charge in [0.25, 0.3) is 0 Å². The monoisotopic (exact) mass is 301 g/mol. The van der Waals surface area contributed by atoms with E-state index in [-0.39, 0.29) is 0 Å². The van der Waals surface area contributed by atoms with Crippen molar-refractivity contribution in [3.8, 4) is 0 Å². The highest BCUT2D eigenvalue weighted by Crippen LogP contribution is 2.28. The van der Waals surface area contributed by atoms with Gasteiger partial charge in [-0.2, -0.15) is 0 Å². The highest BCUT2D eigenvalue weighted by molar-refractivity contribution is 7.80. The minimum atomic E-state index is 0.378. The lowest BCUT2D eigenvalue weighted by atomic mass is 9.89. The first-order valence-electron chi connectivity index (χ1n) is 7.25. The third-order valence-corrected chi connectivity index (χ3v) is 4.05. The summed E-state index contributed by atoms with van der Waals surface area (Å²) in [5.74, 6) is 0.830. The number of ether oxygens (including phenoxy) is 1. The zero-order valence-corrected chi connectivity index (χ0v) is 12.8. The van der Waals surface area contributed by atoms with Crippen molar-refractivity contribution < 1.29 is 4.74 Å². The fourth-order valence-electron chi connectivity index (χ4n) is 2.72. The van der Waals surface area contributed by atoms with Gasteiger partial charge in [-0.3, -0.25) is 0 Å². The van der Waals surface area contributed by atoms with Gasteiger partial charge in [0, 0.05) is 23.6 Å². The van der Waals surface area contributed by atoms with Crippen LogP contribution in [0.1, 0.15) is 25.3 Å². The van der Waals surface area contributed by atoms with Crippen LogP contribution in [0.2, 0.25) is 0 Å². The summed E-state index contributed by atoms with van der Waals surface area (Å²) in [5, 5.41) is 4.44. The van der Waals surface area contributed by atoms with E-state index in [1.165, 1.54) is 0 Å². The number of fused-ring (bicyclic) bond motifs is 1. The first-order valence-corrected chi connectivity index (χ1v) is 7.66.